The molecule has 0 saturated carbocycles. The molecule has 1 aromatic carbocycles. The molecule has 1 saturated heterocycles. The van der Waals surface area contributed by atoms with Crippen LogP contribution in [-0.4, -0.2) is 20.3 Å². The van der Waals surface area contributed by atoms with Gasteiger partial charge in [0, 0.05) is 13.2 Å². The van der Waals surface area contributed by atoms with E-state index >= 15 is 0 Å². The first-order valence-electron chi connectivity index (χ1n) is 5.93. The van der Waals surface area contributed by atoms with Gasteiger partial charge in [0.05, 0.1) is 5.46 Å². The Morgan fingerprint density at radius 3 is 2.29 bits per heavy atom. The van der Waals surface area contributed by atoms with Crippen LogP contribution in [0.2, 0.25) is 0 Å². The molecule has 0 atom stereocenters. The number of benzene rings is 1. The maximum atomic E-state index is 13.8. The summed E-state index contributed by atoms with van der Waals surface area (Å²) in [6, 6.07) is 2.73. The van der Waals surface area contributed by atoms with E-state index in [1.54, 1.807) is 0 Å². The van der Waals surface area contributed by atoms with Gasteiger partial charge in [-0.05, 0) is 30.5 Å². The van der Waals surface area contributed by atoms with Gasteiger partial charge >= 0.3 is 7.12 Å². The predicted octanol–water partition coefficient (Wildman–Crippen LogP) is 2.05. The minimum atomic E-state index is -0.903. The number of hydrogen-bond acceptors (Lipinski definition) is 2. The fraction of sp³-hybridized carbons (Fsp3) is 0.500. The van der Waals surface area contributed by atoms with Crippen LogP contribution in [0.1, 0.15) is 25.3 Å². The number of halogens is 2. The lowest BCUT2D eigenvalue weighted by Crippen LogP contribution is -2.44. The molecule has 0 aliphatic carbocycles. The van der Waals surface area contributed by atoms with Crippen LogP contribution in [-0.2, 0) is 15.7 Å². The first-order valence-corrected chi connectivity index (χ1v) is 5.93. The van der Waals surface area contributed by atoms with Gasteiger partial charge in [-0.2, -0.15) is 0 Å². The van der Waals surface area contributed by atoms with E-state index in [1.807, 2.05) is 6.92 Å². The van der Waals surface area contributed by atoms with Crippen molar-refractivity contribution < 1.29 is 18.1 Å². The van der Waals surface area contributed by atoms with Crippen molar-refractivity contribution in [2.24, 2.45) is 0 Å². The molecule has 1 aliphatic heterocycles. The first-order chi connectivity index (χ1) is 8.22. The molecule has 2 rings (SSSR count). The fourth-order valence-corrected chi connectivity index (χ4v) is 1.95. The van der Waals surface area contributed by atoms with Crippen LogP contribution >= 0.6 is 0 Å². The summed E-state index contributed by atoms with van der Waals surface area (Å²) in [6.07, 6.45) is 2.28. The lowest BCUT2D eigenvalue weighted by molar-refractivity contribution is 0.142. The molecule has 0 spiro atoms. The van der Waals surface area contributed by atoms with E-state index in [1.165, 1.54) is 12.1 Å². The summed E-state index contributed by atoms with van der Waals surface area (Å²) in [7, 11) is -0.903. The Labute approximate surface area is 100 Å². The molecule has 0 amide bonds. The van der Waals surface area contributed by atoms with Crippen LogP contribution in [0.25, 0.3) is 0 Å². The SMILES string of the molecule is CCCc1cc(F)c(B2OCCCO2)c(F)c1. The highest BCUT2D eigenvalue weighted by Gasteiger charge is 2.31. The van der Waals surface area contributed by atoms with Gasteiger partial charge in [-0.1, -0.05) is 13.3 Å². The molecule has 17 heavy (non-hydrogen) atoms. The van der Waals surface area contributed by atoms with Crippen LogP contribution in [0.5, 0.6) is 0 Å². The average molecular weight is 240 g/mol. The van der Waals surface area contributed by atoms with Crippen molar-refractivity contribution in [2.75, 3.05) is 13.2 Å². The molecule has 5 heteroatoms. The summed E-state index contributed by atoms with van der Waals surface area (Å²) in [4.78, 5) is 0. The summed E-state index contributed by atoms with van der Waals surface area (Å²) in [6.45, 7) is 2.91. The standard InChI is InChI=1S/C12H15BF2O2/c1-2-4-9-7-10(14)12(11(15)8-9)13-16-5-3-6-17-13/h7-8H,2-6H2,1H3. The summed E-state index contributed by atoms with van der Waals surface area (Å²) < 4.78 is 38.1. The van der Waals surface area contributed by atoms with Gasteiger partial charge < -0.3 is 9.31 Å². The maximum Gasteiger partial charge on any atom is 0.499 e. The van der Waals surface area contributed by atoms with Crippen molar-refractivity contribution in [1.82, 2.24) is 0 Å². The molecule has 0 unspecified atom stereocenters. The van der Waals surface area contributed by atoms with Crippen LogP contribution < -0.4 is 5.46 Å². The summed E-state index contributed by atoms with van der Waals surface area (Å²) in [5, 5.41) is 0. The number of aryl methyl sites for hydroxylation is 1. The van der Waals surface area contributed by atoms with Crippen molar-refractivity contribution in [1.29, 1.82) is 0 Å². The normalized spacial score (nSPS) is 16.3. The van der Waals surface area contributed by atoms with Crippen molar-refractivity contribution in [2.45, 2.75) is 26.2 Å². The topological polar surface area (TPSA) is 18.5 Å². The molecule has 1 fully saturated rings. The fourth-order valence-electron chi connectivity index (χ4n) is 1.95. The lowest BCUT2D eigenvalue weighted by Gasteiger charge is -2.21. The van der Waals surface area contributed by atoms with Crippen molar-refractivity contribution >= 4 is 12.6 Å². The average Bonchev–Trinajstić information content (AvgIpc) is 2.30. The minimum Gasteiger partial charge on any atom is -0.407 e. The van der Waals surface area contributed by atoms with E-state index in [2.05, 4.69) is 0 Å². The third-order valence-electron chi connectivity index (χ3n) is 2.74. The van der Waals surface area contributed by atoms with Crippen molar-refractivity contribution in [3.8, 4) is 0 Å². The van der Waals surface area contributed by atoms with E-state index in [4.69, 9.17) is 9.31 Å². The van der Waals surface area contributed by atoms with Gasteiger partial charge in [-0.3, -0.25) is 0 Å². The molecule has 0 radical (unpaired) electrons. The van der Waals surface area contributed by atoms with Crippen LogP contribution in [0, 0.1) is 11.6 Å². The Kier molecular flexibility index (Phi) is 4.13. The molecule has 1 aliphatic rings. The second kappa shape index (κ2) is 5.60. The quantitative estimate of drug-likeness (QED) is 0.753. The molecule has 0 N–H and O–H groups in total. The molecule has 2 nitrogen and oxygen atoms in total. The Bertz CT molecular complexity index is 369. The summed E-state index contributed by atoms with van der Waals surface area (Å²) in [5.74, 6) is -1.17. The molecule has 0 aromatic heterocycles. The highest BCUT2D eigenvalue weighted by molar-refractivity contribution is 6.61. The van der Waals surface area contributed by atoms with Crippen molar-refractivity contribution in [3.05, 3.63) is 29.3 Å². The van der Waals surface area contributed by atoms with Crippen LogP contribution in [0.15, 0.2) is 12.1 Å². The summed E-state index contributed by atoms with van der Waals surface area (Å²) >= 11 is 0. The highest BCUT2D eigenvalue weighted by atomic mass is 19.1. The van der Waals surface area contributed by atoms with E-state index in [-0.39, 0.29) is 5.46 Å². The zero-order valence-electron chi connectivity index (χ0n) is 9.84. The van der Waals surface area contributed by atoms with Crippen LogP contribution in [0.4, 0.5) is 8.78 Å². The maximum absolute atomic E-state index is 13.8. The van der Waals surface area contributed by atoms with E-state index in [0.717, 1.165) is 12.8 Å². The summed E-state index contributed by atoms with van der Waals surface area (Å²) in [5.41, 5.74) is 0.562. The lowest BCUT2D eigenvalue weighted by atomic mass is 9.76. The minimum absolute atomic E-state index is 0.107. The molecule has 1 aromatic rings. The third-order valence-corrected chi connectivity index (χ3v) is 2.74. The second-order valence-corrected chi connectivity index (χ2v) is 4.15. The largest absolute Gasteiger partial charge is 0.499 e. The van der Waals surface area contributed by atoms with Gasteiger partial charge in [0.1, 0.15) is 11.6 Å². The highest BCUT2D eigenvalue weighted by Crippen LogP contribution is 2.12. The van der Waals surface area contributed by atoms with Gasteiger partial charge in [-0.25, -0.2) is 8.78 Å². The number of hydrogen-bond donors (Lipinski definition) is 0. The molecule has 92 valence electrons. The van der Waals surface area contributed by atoms with E-state index in [0.29, 0.717) is 25.2 Å². The Balaban J connectivity index is 2.27. The van der Waals surface area contributed by atoms with Gasteiger partial charge in [0.15, 0.2) is 0 Å². The Hall–Kier alpha value is -0.935. The molecule has 1 heterocycles. The molecular weight excluding hydrogens is 225 g/mol. The van der Waals surface area contributed by atoms with Gasteiger partial charge in [0.25, 0.3) is 0 Å². The van der Waals surface area contributed by atoms with Gasteiger partial charge in [0.2, 0.25) is 0 Å². The molecule has 0 bridgehead atoms. The Morgan fingerprint density at radius 2 is 1.76 bits per heavy atom. The zero-order chi connectivity index (χ0) is 12.3. The zero-order valence-corrected chi connectivity index (χ0v) is 9.84. The predicted molar refractivity (Wildman–Crippen MR) is 62.3 cm³/mol. The molecular formula is C12H15BF2O2. The Morgan fingerprint density at radius 1 is 1.18 bits per heavy atom. The van der Waals surface area contributed by atoms with E-state index < -0.39 is 18.8 Å². The van der Waals surface area contributed by atoms with Gasteiger partial charge in [-0.15, -0.1) is 0 Å². The van der Waals surface area contributed by atoms with E-state index in [9.17, 15) is 8.78 Å². The monoisotopic (exact) mass is 240 g/mol. The second-order valence-electron chi connectivity index (χ2n) is 4.15. The third kappa shape index (κ3) is 2.84. The number of rotatable bonds is 3. The van der Waals surface area contributed by atoms with Crippen molar-refractivity contribution in [3.63, 3.8) is 0 Å². The first kappa shape index (κ1) is 12.5. The smallest absolute Gasteiger partial charge is 0.407 e. The van der Waals surface area contributed by atoms with Crippen LogP contribution in [0.3, 0.4) is 0 Å².